The van der Waals surface area contributed by atoms with Gasteiger partial charge in [-0.15, -0.1) is 0 Å². The predicted octanol–water partition coefficient (Wildman–Crippen LogP) is 1.05. The quantitative estimate of drug-likeness (QED) is 0.897. The van der Waals surface area contributed by atoms with Crippen LogP contribution in [0.25, 0.3) is 0 Å². The highest BCUT2D eigenvalue weighted by atomic mass is 32.2. The van der Waals surface area contributed by atoms with Crippen LogP contribution in [-0.4, -0.2) is 38.8 Å². The molecular weight excluding hydrogens is 262 g/mol. The zero-order valence-corrected chi connectivity index (χ0v) is 12.2. The zero-order valence-electron chi connectivity index (χ0n) is 11.4. The van der Waals surface area contributed by atoms with Crippen LogP contribution in [0.2, 0.25) is 0 Å². The summed E-state index contributed by atoms with van der Waals surface area (Å²) in [6, 6.07) is 3.48. The molecule has 2 heterocycles. The van der Waals surface area contributed by atoms with E-state index < -0.39 is 9.84 Å². The number of nitrogens with two attached hydrogens (primary N) is 1. The van der Waals surface area contributed by atoms with Crippen molar-refractivity contribution in [3.05, 3.63) is 18.3 Å². The normalized spacial score (nSPS) is 19.4. The van der Waals surface area contributed by atoms with Crippen LogP contribution >= 0.6 is 0 Å². The Morgan fingerprint density at radius 3 is 2.58 bits per heavy atom. The fraction of sp³-hybridized carbons (Fsp3) is 0.615. The fourth-order valence-corrected chi connectivity index (χ4v) is 3.39. The smallest absolute Gasteiger partial charge is 0.179 e. The van der Waals surface area contributed by atoms with Crippen molar-refractivity contribution in [2.24, 2.45) is 11.7 Å². The molecule has 1 aromatic rings. The van der Waals surface area contributed by atoms with Gasteiger partial charge >= 0.3 is 0 Å². The highest BCUT2D eigenvalue weighted by Crippen LogP contribution is 2.27. The van der Waals surface area contributed by atoms with Crippen LogP contribution in [0.1, 0.15) is 19.8 Å². The van der Waals surface area contributed by atoms with E-state index in [1.54, 1.807) is 18.3 Å². The molecule has 0 radical (unpaired) electrons. The lowest BCUT2D eigenvalue weighted by Crippen LogP contribution is -2.40. The van der Waals surface area contributed by atoms with Crippen LogP contribution < -0.4 is 10.6 Å². The van der Waals surface area contributed by atoms with Gasteiger partial charge in [0.2, 0.25) is 0 Å². The van der Waals surface area contributed by atoms with Gasteiger partial charge in [0.15, 0.2) is 9.84 Å². The van der Waals surface area contributed by atoms with Gasteiger partial charge in [0, 0.05) is 31.6 Å². The van der Waals surface area contributed by atoms with Crippen LogP contribution in [0.5, 0.6) is 0 Å². The van der Waals surface area contributed by atoms with Crippen molar-refractivity contribution in [1.82, 2.24) is 4.98 Å². The molecule has 2 rings (SSSR count). The number of aromatic nitrogens is 1. The Balaban J connectivity index is 2.21. The SMILES string of the molecule is CC(N)C1CCN(c2ncccc2S(C)(=O)=O)CC1. The fourth-order valence-electron chi connectivity index (χ4n) is 2.55. The monoisotopic (exact) mass is 283 g/mol. The second kappa shape index (κ2) is 5.46. The Bertz CT molecular complexity index is 535. The molecular formula is C13H21N3O2S. The van der Waals surface area contributed by atoms with Crippen molar-refractivity contribution in [1.29, 1.82) is 0 Å². The van der Waals surface area contributed by atoms with Gasteiger partial charge in [0.25, 0.3) is 0 Å². The van der Waals surface area contributed by atoms with Crippen molar-refractivity contribution in [2.45, 2.75) is 30.7 Å². The van der Waals surface area contributed by atoms with E-state index in [2.05, 4.69) is 9.88 Å². The first-order chi connectivity index (χ1) is 8.89. The molecule has 0 spiro atoms. The number of sulfone groups is 1. The molecule has 0 saturated carbocycles. The summed E-state index contributed by atoms with van der Waals surface area (Å²) < 4.78 is 23.6. The molecule has 2 N–H and O–H groups in total. The van der Waals surface area contributed by atoms with Crippen LogP contribution in [0.3, 0.4) is 0 Å². The molecule has 0 bridgehead atoms. The minimum atomic E-state index is -3.24. The second-order valence-corrected chi connectivity index (χ2v) is 7.27. The molecule has 0 aliphatic carbocycles. The van der Waals surface area contributed by atoms with Crippen LogP contribution in [0.15, 0.2) is 23.2 Å². The number of pyridine rings is 1. The Labute approximate surface area is 114 Å². The standard InChI is InChI=1S/C13H21N3O2S/c1-10(14)11-5-8-16(9-6-11)13-12(19(2,17)18)4-3-7-15-13/h3-4,7,10-11H,5-6,8-9,14H2,1-2H3. The summed E-state index contributed by atoms with van der Waals surface area (Å²) in [5, 5.41) is 0. The van der Waals surface area contributed by atoms with E-state index in [1.165, 1.54) is 6.26 Å². The average molecular weight is 283 g/mol. The predicted molar refractivity (Wildman–Crippen MR) is 75.9 cm³/mol. The number of nitrogens with zero attached hydrogens (tertiary/aromatic N) is 2. The van der Waals surface area contributed by atoms with Gasteiger partial charge in [-0.3, -0.25) is 0 Å². The van der Waals surface area contributed by atoms with Gasteiger partial charge in [-0.05, 0) is 37.8 Å². The minimum Gasteiger partial charge on any atom is -0.356 e. The summed E-state index contributed by atoms with van der Waals surface area (Å²) >= 11 is 0. The molecule has 1 aliphatic rings. The van der Waals surface area contributed by atoms with E-state index in [0.29, 0.717) is 16.6 Å². The Hall–Kier alpha value is -1.14. The summed E-state index contributed by atoms with van der Waals surface area (Å²) in [5.74, 6) is 1.09. The summed E-state index contributed by atoms with van der Waals surface area (Å²) in [6.07, 6.45) is 4.83. The zero-order chi connectivity index (χ0) is 14.0. The molecule has 1 atom stereocenters. The molecule has 1 fully saturated rings. The lowest BCUT2D eigenvalue weighted by atomic mass is 9.91. The summed E-state index contributed by atoms with van der Waals surface area (Å²) in [6.45, 7) is 3.65. The van der Waals surface area contributed by atoms with E-state index in [-0.39, 0.29) is 6.04 Å². The van der Waals surface area contributed by atoms with Crippen molar-refractivity contribution in [2.75, 3.05) is 24.2 Å². The van der Waals surface area contributed by atoms with Gasteiger partial charge in [-0.25, -0.2) is 13.4 Å². The van der Waals surface area contributed by atoms with Gasteiger partial charge in [0.1, 0.15) is 10.7 Å². The highest BCUT2D eigenvalue weighted by Gasteiger charge is 2.25. The Kier molecular flexibility index (Phi) is 4.10. The number of hydrogen-bond acceptors (Lipinski definition) is 5. The van der Waals surface area contributed by atoms with Gasteiger partial charge in [-0.1, -0.05) is 0 Å². The van der Waals surface area contributed by atoms with E-state index in [9.17, 15) is 8.42 Å². The van der Waals surface area contributed by atoms with Gasteiger partial charge in [-0.2, -0.15) is 0 Å². The lowest BCUT2D eigenvalue weighted by Gasteiger charge is -2.35. The van der Waals surface area contributed by atoms with Gasteiger partial charge in [0.05, 0.1) is 0 Å². The third kappa shape index (κ3) is 3.25. The van der Waals surface area contributed by atoms with E-state index in [4.69, 9.17) is 5.73 Å². The molecule has 6 heteroatoms. The Morgan fingerprint density at radius 2 is 2.05 bits per heavy atom. The van der Waals surface area contributed by atoms with E-state index in [1.807, 2.05) is 6.92 Å². The highest BCUT2D eigenvalue weighted by molar-refractivity contribution is 7.90. The van der Waals surface area contributed by atoms with Gasteiger partial charge < -0.3 is 10.6 Å². The van der Waals surface area contributed by atoms with Crippen molar-refractivity contribution < 1.29 is 8.42 Å². The maximum atomic E-state index is 11.8. The first-order valence-electron chi connectivity index (χ1n) is 6.55. The molecule has 1 aliphatic heterocycles. The summed E-state index contributed by atoms with van der Waals surface area (Å²) in [4.78, 5) is 6.62. The minimum absolute atomic E-state index is 0.195. The summed E-state index contributed by atoms with van der Waals surface area (Å²) in [7, 11) is -3.24. The van der Waals surface area contributed by atoms with Crippen LogP contribution in [0.4, 0.5) is 5.82 Å². The molecule has 19 heavy (non-hydrogen) atoms. The van der Waals surface area contributed by atoms with E-state index in [0.717, 1.165) is 25.9 Å². The lowest BCUT2D eigenvalue weighted by molar-refractivity contribution is 0.353. The second-order valence-electron chi connectivity index (χ2n) is 5.28. The molecule has 5 nitrogen and oxygen atoms in total. The topological polar surface area (TPSA) is 76.3 Å². The molecule has 1 saturated heterocycles. The maximum Gasteiger partial charge on any atom is 0.179 e. The number of hydrogen-bond donors (Lipinski definition) is 1. The molecule has 1 unspecified atom stereocenters. The third-order valence-corrected chi connectivity index (χ3v) is 4.85. The number of anilines is 1. The van der Waals surface area contributed by atoms with Crippen LogP contribution in [0, 0.1) is 5.92 Å². The van der Waals surface area contributed by atoms with Crippen LogP contribution in [-0.2, 0) is 9.84 Å². The summed E-state index contributed by atoms with van der Waals surface area (Å²) in [5.41, 5.74) is 5.92. The number of rotatable bonds is 3. The molecule has 0 aromatic carbocycles. The van der Waals surface area contributed by atoms with Crippen molar-refractivity contribution in [3.63, 3.8) is 0 Å². The first-order valence-corrected chi connectivity index (χ1v) is 8.44. The maximum absolute atomic E-state index is 11.8. The third-order valence-electron chi connectivity index (χ3n) is 3.73. The molecule has 106 valence electrons. The van der Waals surface area contributed by atoms with Crippen molar-refractivity contribution in [3.8, 4) is 0 Å². The largest absolute Gasteiger partial charge is 0.356 e. The first kappa shape index (κ1) is 14.3. The number of piperidine rings is 1. The molecule has 1 aromatic heterocycles. The van der Waals surface area contributed by atoms with E-state index >= 15 is 0 Å². The van der Waals surface area contributed by atoms with Crippen molar-refractivity contribution >= 4 is 15.7 Å². The average Bonchev–Trinajstić information content (AvgIpc) is 2.38. The molecule has 0 amide bonds. The Morgan fingerprint density at radius 1 is 1.42 bits per heavy atom.